The van der Waals surface area contributed by atoms with E-state index >= 15 is 0 Å². The Morgan fingerprint density at radius 2 is 2.00 bits per heavy atom. The lowest BCUT2D eigenvalue weighted by molar-refractivity contribution is -0.385. The summed E-state index contributed by atoms with van der Waals surface area (Å²) in [6.07, 6.45) is 4.65. The predicted molar refractivity (Wildman–Crippen MR) is 102 cm³/mol. The lowest BCUT2D eigenvalue weighted by Crippen LogP contribution is -2.29. The van der Waals surface area contributed by atoms with Gasteiger partial charge in [0.15, 0.2) is 0 Å². The summed E-state index contributed by atoms with van der Waals surface area (Å²) in [6.45, 7) is 0.641. The minimum Gasteiger partial charge on any atom is -0.340 e. The fraction of sp³-hybridized carbons (Fsp3) is 0.200. The van der Waals surface area contributed by atoms with Gasteiger partial charge in [0.25, 0.3) is 5.69 Å². The normalized spacial score (nSPS) is 17.0. The number of para-hydroxylation sites is 3. The molecular formula is C20H18N4O3. The first-order valence-electron chi connectivity index (χ1n) is 8.80. The van der Waals surface area contributed by atoms with Crippen molar-refractivity contribution in [1.82, 2.24) is 14.9 Å². The number of nitrogens with one attached hydrogen (secondary N) is 1. The molecule has 1 aliphatic heterocycles. The zero-order valence-electron chi connectivity index (χ0n) is 14.5. The number of fused-ring (bicyclic) bond motifs is 1. The maximum Gasteiger partial charge on any atom is 0.276 e. The van der Waals surface area contributed by atoms with Crippen molar-refractivity contribution >= 4 is 28.7 Å². The molecule has 3 aromatic rings. The Labute approximate surface area is 155 Å². The Hall–Kier alpha value is -3.48. The molecule has 2 heterocycles. The van der Waals surface area contributed by atoms with E-state index in [2.05, 4.69) is 9.97 Å². The second kappa shape index (κ2) is 7.03. The van der Waals surface area contributed by atoms with Gasteiger partial charge in [-0.2, -0.15) is 0 Å². The molecule has 1 aliphatic rings. The SMILES string of the molecule is O=C(C=Cc1ccccc1[N+](=O)[O-])N1CCCC1c1nc2ccccc2[nH]1. The maximum absolute atomic E-state index is 12.7. The van der Waals surface area contributed by atoms with E-state index in [0.29, 0.717) is 12.1 Å². The number of aromatic amines is 1. The number of nitro groups is 1. The molecule has 0 saturated carbocycles. The van der Waals surface area contributed by atoms with Crippen LogP contribution >= 0.6 is 0 Å². The molecule has 1 fully saturated rings. The number of nitro benzene ring substituents is 1. The van der Waals surface area contributed by atoms with E-state index in [1.54, 1.807) is 23.1 Å². The number of likely N-dealkylation sites (tertiary alicyclic amines) is 1. The van der Waals surface area contributed by atoms with Gasteiger partial charge >= 0.3 is 0 Å². The molecule has 1 atom stereocenters. The molecule has 0 radical (unpaired) electrons. The van der Waals surface area contributed by atoms with Gasteiger partial charge in [-0.05, 0) is 37.1 Å². The summed E-state index contributed by atoms with van der Waals surface area (Å²) in [5.41, 5.74) is 2.22. The summed E-state index contributed by atoms with van der Waals surface area (Å²) < 4.78 is 0. The number of hydrogen-bond donors (Lipinski definition) is 1. The lowest BCUT2D eigenvalue weighted by atomic mass is 10.1. The third kappa shape index (κ3) is 3.31. The van der Waals surface area contributed by atoms with Crippen LogP contribution in [0.5, 0.6) is 0 Å². The molecule has 0 bridgehead atoms. The third-order valence-electron chi connectivity index (χ3n) is 4.80. The smallest absolute Gasteiger partial charge is 0.276 e. The van der Waals surface area contributed by atoms with Gasteiger partial charge in [-0.25, -0.2) is 4.98 Å². The Balaban J connectivity index is 1.57. The van der Waals surface area contributed by atoms with Crippen molar-refractivity contribution in [3.63, 3.8) is 0 Å². The number of hydrogen-bond acceptors (Lipinski definition) is 4. The lowest BCUT2D eigenvalue weighted by Gasteiger charge is -2.21. The molecule has 0 spiro atoms. The average Bonchev–Trinajstić information content (AvgIpc) is 3.32. The molecule has 1 unspecified atom stereocenters. The molecular weight excluding hydrogens is 344 g/mol. The van der Waals surface area contributed by atoms with Gasteiger partial charge < -0.3 is 9.88 Å². The number of aromatic nitrogens is 2. The number of nitrogens with zero attached hydrogens (tertiary/aromatic N) is 3. The summed E-state index contributed by atoms with van der Waals surface area (Å²) in [5, 5.41) is 11.1. The third-order valence-corrected chi connectivity index (χ3v) is 4.80. The highest BCUT2D eigenvalue weighted by Crippen LogP contribution is 2.31. The van der Waals surface area contributed by atoms with Crippen LogP contribution in [0.4, 0.5) is 5.69 Å². The Morgan fingerprint density at radius 3 is 2.81 bits per heavy atom. The highest BCUT2D eigenvalue weighted by molar-refractivity contribution is 5.93. The second-order valence-electron chi connectivity index (χ2n) is 6.48. The number of H-pyrrole nitrogens is 1. The molecule has 27 heavy (non-hydrogen) atoms. The van der Waals surface area contributed by atoms with Crippen LogP contribution in [-0.4, -0.2) is 32.2 Å². The molecule has 7 heteroatoms. The van der Waals surface area contributed by atoms with Crippen LogP contribution in [0.3, 0.4) is 0 Å². The molecule has 7 nitrogen and oxygen atoms in total. The Bertz CT molecular complexity index is 1010. The van der Waals surface area contributed by atoms with Crippen LogP contribution in [0.2, 0.25) is 0 Å². The summed E-state index contributed by atoms with van der Waals surface area (Å²) in [5.74, 6) is 0.609. The van der Waals surface area contributed by atoms with E-state index in [1.165, 1.54) is 18.2 Å². The van der Waals surface area contributed by atoms with Gasteiger partial charge in [0, 0.05) is 18.7 Å². The number of rotatable bonds is 4. The molecule has 136 valence electrons. The zero-order chi connectivity index (χ0) is 18.8. The van der Waals surface area contributed by atoms with Crippen molar-refractivity contribution in [2.45, 2.75) is 18.9 Å². The fourth-order valence-corrected chi connectivity index (χ4v) is 3.50. The quantitative estimate of drug-likeness (QED) is 0.433. The zero-order valence-corrected chi connectivity index (χ0v) is 14.5. The van der Waals surface area contributed by atoms with Crippen molar-refractivity contribution in [2.75, 3.05) is 6.54 Å². The molecule has 2 aromatic carbocycles. The minimum atomic E-state index is -0.447. The van der Waals surface area contributed by atoms with E-state index in [1.807, 2.05) is 24.3 Å². The number of benzene rings is 2. The Morgan fingerprint density at radius 1 is 1.22 bits per heavy atom. The van der Waals surface area contributed by atoms with Crippen molar-refractivity contribution < 1.29 is 9.72 Å². The van der Waals surface area contributed by atoms with Crippen molar-refractivity contribution in [3.8, 4) is 0 Å². The molecule has 1 aromatic heterocycles. The van der Waals surface area contributed by atoms with Gasteiger partial charge in [-0.3, -0.25) is 14.9 Å². The van der Waals surface area contributed by atoms with E-state index < -0.39 is 4.92 Å². The maximum atomic E-state index is 12.7. The number of carbonyl (C=O) groups excluding carboxylic acids is 1. The van der Waals surface area contributed by atoms with Gasteiger partial charge in [-0.15, -0.1) is 0 Å². The minimum absolute atomic E-state index is 0.0168. The summed E-state index contributed by atoms with van der Waals surface area (Å²) >= 11 is 0. The van der Waals surface area contributed by atoms with Crippen LogP contribution in [0.15, 0.2) is 54.6 Å². The van der Waals surface area contributed by atoms with E-state index in [4.69, 9.17) is 0 Å². The molecule has 1 N–H and O–H groups in total. The second-order valence-corrected chi connectivity index (χ2v) is 6.48. The summed E-state index contributed by atoms with van der Waals surface area (Å²) in [4.78, 5) is 33.1. The van der Waals surface area contributed by atoms with Gasteiger partial charge in [0.05, 0.1) is 27.6 Å². The van der Waals surface area contributed by atoms with Crippen LogP contribution < -0.4 is 0 Å². The number of carbonyl (C=O) groups is 1. The first-order valence-corrected chi connectivity index (χ1v) is 8.80. The molecule has 1 amide bonds. The van der Waals surface area contributed by atoms with Crippen molar-refractivity contribution in [2.24, 2.45) is 0 Å². The number of amides is 1. The van der Waals surface area contributed by atoms with Crippen LogP contribution in [-0.2, 0) is 4.79 Å². The molecule has 0 aliphatic carbocycles. The number of imidazole rings is 1. The van der Waals surface area contributed by atoms with Crippen LogP contribution in [0, 0.1) is 10.1 Å². The monoisotopic (exact) mass is 362 g/mol. The van der Waals surface area contributed by atoms with E-state index in [9.17, 15) is 14.9 Å². The Kier molecular flexibility index (Phi) is 4.42. The van der Waals surface area contributed by atoms with Gasteiger partial charge in [-0.1, -0.05) is 24.3 Å². The van der Waals surface area contributed by atoms with E-state index in [0.717, 1.165) is 29.7 Å². The topological polar surface area (TPSA) is 92.1 Å². The van der Waals surface area contributed by atoms with Crippen LogP contribution in [0.25, 0.3) is 17.1 Å². The first kappa shape index (κ1) is 17.0. The summed E-state index contributed by atoms with van der Waals surface area (Å²) in [7, 11) is 0. The van der Waals surface area contributed by atoms with Crippen molar-refractivity contribution in [1.29, 1.82) is 0 Å². The van der Waals surface area contributed by atoms with Crippen LogP contribution in [0.1, 0.15) is 30.3 Å². The molecule has 1 saturated heterocycles. The highest BCUT2D eigenvalue weighted by atomic mass is 16.6. The first-order chi connectivity index (χ1) is 13.1. The standard InChI is InChI=1S/C20H18N4O3/c25-19(12-11-14-6-1-4-9-17(14)24(26)27)23-13-5-10-18(23)20-21-15-7-2-3-8-16(15)22-20/h1-4,6-9,11-12,18H,5,10,13H2,(H,21,22). The average molecular weight is 362 g/mol. The molecule has 4 rings (SSSR count). The van der Waals surface area contributed by atoms with Gasteiger partial charge in [0.2, 0.25) is 5.91 Å². The van der Waals surface area contributed by atoms with Gasteiger partial charge in [0.1, 0.15) is 5.82 Å². The largest absolute Gasteiger partial charge is 0.340 e. The highest BCUT2D eigenvalue weighted by Gasteiger charge is 2.31. The van der Waals surface area contributed by atoms with Crippen molar-refractivity contribution in [3.05, 3.63) is 76.1 Å². The summed E-state index contributed by atoms with van der Waals surface area (Å²) in [6, 6.07) is 14.0. The van der Waals surface area contributed by atoms with E-state index in [-0.39, 0.29) is 17.6 Å². The fourth-order valence-electron chi connectivity index (χ4n) is 3.50. The predicted octanol–water partition coefficient (Wildman–Crippen LogP) is 3.85.